The highest BCUT2D eigenvalue weighted by molar-refractivity contribution is 6.09. The average Bonchev–Trinajstić information content (AvgIpc) is 3.35. The molecule has 4 aromatic rings. The zero-order valence-corrected chi connectivity index (χ0v) is 14.1. The smallest absolute Gasteiger partial charge is 0.288 e. The van der Waals surface area contributed by atoms with Crippen molar-refractivity contribution in [1.82, 2.24) is 20.4 Å². The van der Waals surface area contributed by atoms with E-state index in [1.807, 2.05) is 30.3 Å². The molecule has 0 saturated heterocycles. The van der Waals surface area contributed by atoms with Crippen LogP contribution in [0.15, 0.2) is 66.0 Å². The SMILES string of the molecule is N#Cc1cccc(-c2c(C(=O)N/N=C\c3ncc[nH]3)[nH]c3ccccc23)c1. The Morgan fingerprint density at radius 3 is 2.93 bits per heavy atom. The molecule has 0 aliphatic rings. The van der Waals surface area contributed by atoms with Crippen molar-refractivity contribution in [3.8, 4) is 17.2 Å². The second-order valence-corrected chi connectivity index (χ2v) is 5.79. The number of aromatic nitrogens is 3. The highest BCUT2D eigenvalue weighted by Crippen LogP contribution is 2.32. The van der Waals surface area contributed by atoms with Crippen LogP contribution in [0.5, 0.6) is 0 Å². The van der Waals surface area contributed by atoms with Crippen molar-refractivity contribution in [2.24, 2.45) is 5.10 Å². The number of H-pyrrole nitrogens is 2. The number of nitrogens with one attached hydrogen (secondary N) is 3. The first-order valence-corrected chi connectivity index (χ1v) is 8.20. The van der Waals surface area contributed by atoms with Crippen LogP contribution in [0.25, 0.3) is 22.0 Å². The summed E-state index contributed by atoms with van der Waals surface area (Å²) < 4.78 is 0. The van der Waals surface area contributed by atoms with E-state index in [2.05, 4.69) is 31.5 Å². The summed E-state index contributed by atoms with van der Waals surface area (Å²) in [4.78, 5) is 22.8. The summed E-state index contributed by atoms with van der Waals surface area (Å²) in [6.45, 7) is 0. The number of aromatic amines is 2. The highest BCUT2D eigenvalue weighted by Gasteiger charge is 2.19. The predicted octanol–water partition coefficient (Wildman–Crippen LogP) is 3.19. The number of benzene rings is 2. The summed E-state index contributed by atoms with van der Waals surface area (Å²) in [6.07, 6.45) is 4.69. The van der Waals surface area contributed by atoms with Crippen molar-refractivity contribution in [3.05, 3.63) is 78.0 Å². The Labute approximate surface area is 154 Å². The predicted molar refractivity (Wildman–Crippen MR) is 102 cm³/mol. The molecule has 0 saturated carbocycles. The monoisotopic (exact) mass is 354 g/mol. The summed E-state index contributed by atoms with van der Waals surface area (Å²) >= 11 is 0. The van der Waals surface area contributed by atoms with Crippen molar-refractivity contribution in [2.75, 3.05) is 0 Å². The average molecular weight is 354 g/mol. The number of carbonyl (C=O) groups is 1. The number of para-hydroxylation sites is 1. The lowest BCUT2D eigenvalue weighted by Gasteiger charge is -2.05. The van der Waals surface area contributed by atoms with E-state index in [1.54, 1.807) is 30.6 Å². The fraction of sp³-hybridized carbons (Fsp3) is 0. The molecular weight excluding hydrogens is 340 g/mol. The van der Waals surface area contributed by atoms with Gasteiger partial charge in [-0.05, 0) is 23.8 Å². The van der Waals surface area contributed by atoms with Gasteiger partial charge >= 0.3 is 0 Å². The van der Waals surface area contributed by atoms with Gasteiger partial charge in [0.25, 0.3) is 5.91 Å². The summed E-state index contributed by atoms with van der Waals surface area (Å²) in [5.41, 5.74) is 5.76. The normalized spacial score (nSPS) is 10.9. The molecule has 27 heavy (non-hydrogen) atoms. The van der Waals surface area contributed by atoms with Crippen LogP contribution < -0.4 is 5.43 Å². The fourth-order valence-electron chi connectivity index (χ4n) is 2.91. The molecule has 0 spiro atoms. The first kappa shape index (κ1) is 16.3. The third-order valence-electron chi connectivity index (χ3n) is 4.09. The number of fused-ring (bicyclic) bond motifs is 1. The molecule has 0 atom stereocenters. The summed E-state index contributed by atoms with van der Waals surface area (Å²) in [5, 5.41) is 14.0. The number of amides is 1. The molecule has 0 radical (unpaired) electrons. The third-order valence-corrected chi connectivity index (χ3v) is 4.09. The molecule has 2 aromatic heterocycles. The van der Waals surface area contributed by atoms with Crippen LogP contribution in [-0.4, -0.2) is 27.1 Å². The molecule has 3 N–H and O–H groups in total. The van der Waals surface area contributed by atoms with Crippen molar-refractivity contribution in [2.45, 2.75) is 0 Å². The van der Waals surface area contributed by atoms with Gasteiger partial charge in [-0.3, -0.25) is 4.79 Å². The van der Waals surface area contributed by atoms with Crippen LogP contribution in [0.3, 0.4) is 0 Å². The van der Waals surface area contributed by atoms with E-state index in [9.17, 15) is 10.1 Å². The van der Waals surface area contributed by atoms with Crippen molar-refractivity contribution < 1.29 is 4.79 Å². The lowest BCUT2D eigenvalue weighted by Crippen LogP contribution is -2.19. The van der Waals surface area contributed by atoms with Gasteiger partial charge in [0.15, 0.2) is 0 Å². The molecule has 1 amide bonds. The number of hydrazone groups is 1. The molecule has 7 nitrogen and oxygen atoms in total. The molecule has 4 rings (SSSR count). The van der Waals surface area contributed by atoms with Crippen LogP contribution in [-0.2, 0) is 0 Å². The van der Waals surface area contributed by atoms with Gasteiger partial charge in [0.2, 0.25) is 0 Å². The second kappa shape index (κ2) is 6.98. The van der Waals surface area contributed by atoms with Gasteiger partial charge in [-0.1, -0.05) is 30.3 Å². The molecule has 2 aromatic carbocycles. The second-order valence-electron chi connectivity index (χ2n) is 5.79. The maximum absolute atomic E-state index is 12.7. The Morgan fingerprint density at radius 2 is 2.11 bits per heavy atom. The first-order chi connectivity index (χ1) is 13.3. The van der Waals surface area contributed by atoms with Crippen molar-refractivity contribution >= 4 is 23.0 Å². The quantitative estimate of drug-likeness (QED) is 0.387. The number of hydrogen-bond donors (Lipinski definition) is 3. The van der Waals surface area contributed by atoms with Crippen molar-refractivity contribution in [1.29, 1.82) is 5.26 Å². The number of nitriles is 1. The largest absolute Gasteiger partial charge is 0.350 e. The van der Waals surface area contributed by atoms with Gasteiger partial charge in [0, 0.05) is 28.9 Å². The molecule has 0 fully saturated rings. The van der Waals surface area contributed by atoms with Crippen LogP contribution in [0, 0.1) is 11.3 Å². The van der Waals surface area contributed by atoms with Gasteiger partial charge in [-0.2, -0.15) is 10.4 Å². The van der Waals surface area contributed by atoms with Crippen molar-refractivity contribution in [3.63, 3.8) is 0 Å². The Kier molecular flexibility index (Phi) is 4.21. The minimum Gasteiger partial charge on any atom is -0.350 e. The molecular formula is C20H14N6O. The van der Waals surface area contributed by atoms with Gasteiger partial charge in [0.05, 0.1) is 17.8 Å². The van der Waals surface area contributed by atoms with E-state index in [-0.39, 0.29) is 5.91 Å². The molecule has 0 bridgehead atoms. The standard InChI is InChI=1S/C20H14N6O/c21-11-13-4-3-5-14(10-13)18-15-6-1-2-7-16(15)25-19(18)20(27)26-24-12-17-22-8-9-23-17/h1-10,12,25H,(H,22,23)(H,26,27)/b24-12-. The summed E-state index contributed by atoms with van der Waals surface area (Å²) in [6, 6.07) is 16.9. The minimum atomic E-state index is -0.383. The van der Waals surface area contributed by atoms with Crippen LogP contribution >= 0.6 is 0 Å². The molecule has 0 aliphatic carbocycles. The number of nitrogens with zero attached hydrogens (tertiary/aromatic N) is 3. The Balaban J connectivity index is 1.76. The van der Waals surface area contributed by atoms with E-state index < -0.39 is 0 Å². The van der Waals surface area contributed by atoms with Gasteiger partial charge in [-0.15, -0.1) is 0 Å². The highest BCUT2D eigenvalue weighted by atomic mass is 16.2. The van der Waals surface area contributed by atoms with E-state index in [1.165, 1.54) is 6.21 Å². The maximum atomic E-state index is 12.7. The zero-order valence-electron chi connectivity index (χ0n) is 14.1. The first-order valence-electron chi connectivity index (χ1n) is 8.20. The van der Waals surface area contributed by atoms with E-state index in [4.69, 9.17) is 0 Å². The number of imidazole rings is 1. The number of rotatable bonds is 4. The van der Waals surface area contributed by atoms with Gasteiger partial charge in [-0.25, -0.2) is 10.4 Å². The van der Waals surface area contributed by atoms with E-state index in [0.717, 1.165) is 22.0 Å². The summed E-state index contributed by atoms with van der Waals surface area (Å²) in [7, 11) is 0. The minimum absolute atomic E-state index is 0.378. The lowest BCUT2D eigenvalue weighted by molar-refractivity contribution is 0.0951. The van der Waals surface area contributed by atoms with Crippen LogP contribution in [0.1, 0.15) is 21.9 Å². The third kappa shape index (κ3) is 3.19. The van der Waals surface area contributed by atoms with Crippen LogP contribution in [0.4, 0.5) is 0 Å². The number of hydrogen-bond acceptors (Lipinski definition) is 4. The zero-order chi connectivity index (χ0) is 18.6. The molecule has 130 valence electrons. The van der Waals surface area contributed by atoms with Gasteiger partial charge < -0.3 is 9.97 Å². The van der Waals surface area contributed by atoms with Gasteiger partial charge in [0.1, 0.15) is 11.5 Å². The molecule has 7 heteroatoms. The Hall–Kier alpha value is -4.18. The van der Waals surface area contributed by atoms with E-state index >= 15 is 0 Å². The Bertz CT molecular complexity index is 1180. The van der Waals surface area contributed by atoms with E-state index in [0.29, 0.717) is 17.1 Å². The molecule has 0 aliphatic heterocycles. The van der Waals surface area contributed by atoms with Crippen LogP contribution in [0.2, 0.25) is 0 Å². The molecule has 0 unspecified atom stereocenters. The Morgan fingerprint density at radius 1 is 1.22 bits per heavy atom. The fourth-order valence-corrected chi connectivity index (χ4v) is 2.91. The molecule has 2 heterocycles. The summed E-state index contributed by atoms with van der Waals surface area (Å²) in [5.74, 6) is 0.153. The lowest BCUT2D eigenvalue weighted by atomic mass is 10.00. The number of carbonyl (C=O) groups excluding carboxylic acids is 1. The maximum Gasteiger partial charge on any atom is 0.288 e. The topological polar surface area (TPSA) is 110 Å².